The molecule has 0 aliphatic carbocycles. The molecule has 0 saturated heterocycles. The molecule has 4 heteroatoms. The Labute approximate surface area is 117 Å². The molecule has 0 saturated carbocycles. The maximum absolute atomic E-state index is 5.50. The lowest BCUT2D eigenvalue weighted by atomic mass is 10.1. The van der Waals surface area contributed by atoms with E-state index in [1.165, 1.54) is 10.9 Å². The predicted octanol–water partition coefficient (Wildman–Crippen LogP) is 3.57. The molecular formula is C16H17N3O. The van der Waals surface area contributed by atoms with E-state index in [2.05, 4.69) is 39.6 Å². The number of aromatic amines is 1. The summed E-state index contributed by atoms with van der Waals surface area (Å²) in [5.41, 5.74) is 3.30. The molecule has 3 rings (SSSR count). The molecule has 0 bridgehead atoms. The van der Waals surface area contributed by atoms with Crippen molar-refractivity contribution in [2.45, 2.75) is 13.5 Å². The lowest BCUT2D eigenvalue weighted by molar-refractivity contribution is 0.328. The maximum Gasteiger partial charge on any atom is 0.237 e. The lowest BCUT2D eigenvalue weighted by Crippen LogP contribution is -2.03. The van der Waals surface area contributed by atoms with Gasteiger partial charge in [0.25, 0.3) is 0 Å². The molecule has 3 aromatic rings. The van der Waals surface area contributed by atoms with Gasteiger partial charge in [0.05, 0.1) is 12.3 Å². The number of H-pyrrole nitrogens is 1. The van der Waals surface area contributed by atoms with E-state index in [1.54, 1.807) is 6.20 Å². The second kappa shape index (κ2) is 5.65. The molecule has 0 aliphatic heterocycles. The van der Waals surface area contributed by atoms with Crippen molar-refractivity contribution in [3.8, 4) is 5.88 Å². The minimum atomic E-state index is 0.612. The number of fused-ring (bicyclic) bond motifs is 1. The first-order valence-electron chi connectivity index (χ1n) is 6.74. The Morgan fingerprint density at radius 3 is 3.10 bits per heavy atom. The molecule has 4 nitrogen and oxygen atoms in total. The van der Waals surface area contributed by atoms with Crippen molar-refractivity contribution in [2.75, 3.05) is 11.9 Å². The summed E-state index contributed by atoms with van der Waals surface area (Å²) >= 11 is 0. The van der Waals surface area contributed by atoms with E-state index >= 15 is 0 Å². The van der Waals surface area contributed by atoms with Crippen molar-refractivity contribution in [2.24, 2.45) is 0 Å². The van der Waals surface area contributed by atoms with Gasteiger partial charge in [-0.1, -0.05) is 6.07 Å². The zero-order valence-corrected chi connectivity index (χ0v) is 11.4. The predicted molar refractivity (Wildman–Crippen MR) is 81.0 cm³/mol. The summed E-state index contributed by atoms with van der Waals surface area (Å²) in [6.07, 6.45) is 3.69. The molecule has 102 valence electrons. The third-order valence-corrected chi connectivity index (χ3v) is 3.15. The van der Waals surface area contributed by atoms with Crippen molar-refractivity contribution < 1.29 is 4.74 Å². The fourth-order valence-corrected chi connectivity index (χ4v) is 2.19. The van der Waals surface area contributed by atoms with Crippen LogP contribution in [0.3, 0.4) is 0 Å². The molecule has 2 heterocycles. The molecule has 1 aromatic carbocycles. The van der Waals surface area contributed by atoms with Crippen molar-refractivity contribution in [3.63, 3.8) is 0 Å². The summed E-state index contributed by atoms with van der Waals surface area (Å²) < 4.78 is 5.50. The molecule has 2 N–H and O–H groups in total. The molecule has 0 atom stereocenters. The van der Waals surface area contributed by atoms with Gasteiger partial charge in [0.15, 0.2) is 0 Å². The molecule has 0 radical (unpaired) electrons. The first-order valence-corrected chi connectivity index (χ1v) is 6.74. The second-order valence-corrected chi connectivity index (χ2v) is 4.54. The normalized spacial score (nSPS) is 10.7. The van der Waals surface area contributed by atoms with Gasteiger partial charge in [-0.05, 0) is 48.2 Å². The first kappa shape index (κ1) is 12.5. The van der Waals surface area contributed by atoms with Crippen LogP contribution in [-0.4, -0.2) is 16.6 Å². The van der Waals surface area contributed by atoms with Crippen molar-refractivity contribution in [1.29, 1.82) is 0 Å². The highest BCUT2D eigenvalue weighted by atomic mass is 16.5. The minimum absolute atomic E-state index is 0.612. The highest BCUT2D eigenvalue weighted by Crippen LogP contribution is 2.22. The van der Waals surface area contributed by atoms with Gasteiger partial charge >= 0.3 is 0 Å². The molecular weight excluding hydrogens is 250 g/mol. The summed E-state index contributed by atoms with van der Waals surface area (Å²) in [5, 5.41) is 4.60. The first-order chi connectivity index (χ1) is 9.86. The Balaban J connectivity index is 1.75. The third-order valence-electron chi connectivity index (χ3n) is 3.15. The minimum Gasteiger partial charge on any atom is -0.476 e. The number of pyridine rings is 1. The average Bonchev–Trinajstić information content (AvgIpc) is 2.94. The van der Waals surface area contributed by atoms with Crippen molar-refractivity contribution in [3.05, 3.63) is 54.4 Å². The van der Waals surface area contributed by atoms with Crippen LogP contribution in [-0.2, 0) is 6.54 Å². The summed E-state index contributed by atoms with van der Waals surface area (Å²) in [5.74, 6) is 0.651. The molecule has 0 amide bonds. The van der Waals surface area contributed by atoms with E-state index in [1.807, 2.05) is 25.3 Å². The Hall–Kier alpha value is -2.49. The number of nitrogens with one attached hydrogen (secondary N) is 2. The molecule has 0 fully saturated rings. The largest absolute Gasteiger partial charge is 0.476 e. The molecule has 0 aliphatic rings. The van der Waals surface area contributed by atoms with Crippen molar-refractivity contribution in [1.82, 2.24) is 9.97 Å². The molecule has 2 aromatic heterocycles. The fourth-order valence-electron chi connectivity index (χ4n) is 2.19. The van der Waals surface area contributed by atoms with Crippen LogP contribution in [0, 0.1) is 0 Å². The summed E-state index contributed by atoms with van der Waals surface area (Å²) in [6, 6.07) is 12.3. The van der Waals surface area contributed by atoms with Gasteiger partial charge in [0, 0.05) is 24.5 Å². The van der Waals surface area contributed by atoms with Crippen LogP contribution in [0.25, 0.3) is 10.9 Å². The molecule has 20 heavy (non-hydrogen) atoms. The highest BCUT2D eigenvalue weighted by molar-refractivity contribution is 5.80. The number of rotatable bonds is 5. The summed E-state index contributed by atoms with van der Waals surface area (Å²) in [6.45, 7) is 3.31. The number of ether oxygens (including phenoxy) is 1. The number of nitrogens with zero attached hydrogens (tertiary/aromatic N) is 1. The van der Waals surface area contributed by atoms with Gasteiger partial charge in [-0.2, -0.15) is 0 Å². The van der Waals surface area contributed by atoms with E-state index in [-0.39, 0.29) is 0 Å². The van der Waals surface area contributed by atoms with E-state index in [4.69, 9.17) is 4.74 Å². The Morgan fingerprint density at radius 2 is 2.20 bits per heavy atom. The monoisotopic (exact) mass is 267 g/mol. The van der Waals surface area contributed by atoms with Gasteiger partial charge in [-0.15, -0.1) is 0 Å². The number of benzene rings is 1. The quantitative estimate of drug-likeness (QED) is 0.743. The zero-order valence-electron chi connectivity index (χ0n) is 11.4. The Morgan fingerprint density at radius 1 is 1.25 bits per heavy atom. The van der Waals surface area contributed by atoms with E-state index in [0.29, 0.717) is 12.5 Å². The standard InChI is InChI=1S/C16H17N3O/c1-2-20-16-15(4-3-8-18-16)19-11-12-5-6-14-13(10-12)7-9-17-14/h3-10,17,19H,2,11H2,1H3. The molecule has 0 spiro atoms. The van der Waals surface area contributed by atoms with Gasteiger partial charge < -0.3 is 15.0 Å². The van der Waals surface area contributed by atoms with Gasteiger partial charge in [-0.3, -0.25) is 0 Å². The number of anilines is 1. The number of hydrogen-bond donors (Lipinski definition) is 2. The van der Waals surface area contributed by atoms with Crippen LogP contribution in [0.1, 0.15) is 12.5 Å². The van der Waals surface area contributed by atoms with E-state index < -0.39 is 0 Å². The van der Waals surface area contributed by atoms with Gasteiger partial charge in [-0.25, -0.2) is 4.98 Å². The smallest absolute Gasteiger partial charge is 0.237 e. The fraction of sp³-hybridized carbons (Fsp3) is 0.188. The Kier molecular flexibility index (Phi) is 3.54. The van der Waals surface area contributed by atoms with E-state index in [0.717, 1.165) is 17.7 Å². The lowest BCUT2D eigenvalue weighted by Gasteiger charge is -2.11. The Bertz CT molecular complexity index is 706. The topological polar surface area (TPSA) is 49.9 Å². The summed E-state index contributed by atoms with van der Waals surface area (Å²) in [4.78, 5) is 7.43. The van der Waals surface area contributed by atoms with E-state index in [9.17, 15) is 0 Å². The second-order valence-electron chi connectivity index (χ2n) is 4.54. The maximum atomic E-state index is 5.50. The third kappa shape index (κ3) is 2.59. The zero-order chi connectivity index (χ0) is 13.8. The number of aromatic nitrogens is 2. The highest BCUT2D eigenvalue weighted by Gasteiger charge is 2.04. The van der Waals surface area contributed by atoms with Crippen LogP contribution in [0.4, 0.5) is 5.69 Å². The van der Waals surface area contributed by atoms with Gasteiger partial charge in [0.1, 0.15) is 0 Å². The van der Waals surface area contributed by atoms with Gasteiger partial charge in [0.2, 0.25) is 5.88 Å². The SMILES string of the molecule is CCOc1ncccc1NCc1ccc2[nH]ccc2c1. The van der Waals surface area contributed by atoms with Crippen LogP contribution in [0.5, 0.6) is 5.88 Å². The average molecular weight is 267 g/mol. The van der Waals surface area contributed by atoms with Crippen LogP contribution < -0.4 is 10.1 Å². The van der Waals surface area contributed by atoms with Crippen molar-refractivity contribution >= 4 is 16.6 Å². The number of hydrogen-bond acceptors (Lipinski definition) is 3. The summed E-state index contributed by atoms with van der Waals surface area (Å²) in [7, 11) is 0. The molecule has 0 unspecified atom stereocenters. The van der Waals surface area contributed by atoms with Crippen LogP contribution >= 0.6 is 0 Å². The van der Waals surface area contributed by atoms with Crippen LogP contribution in [0.15, 0.2) is 48.8 Å². The van der Waals surface area contributed by atoms with Crippen LogP contribution in [0.2, 0.25) is 0 Å².